The maximum Gasteiger partial charge on any atom is 0.439 e. The quantitative estimate of drug-likeness (QED) is 0.784. The first-order valence-electron chi connectivity index (χ1n) is 5.98. The molecule has 96 valence electrons. The van der Waals surface area contributed by atoms with Crippen molar-refractivity contribution >= 4 is 0 Å². The van der Waals surface area contributed by atoms with E-state index in [9.17, 15) is 4.79 Å². The molecular weight excluding hydrogens is 232 g/mol. The lowest BCUT2D eigenvalue weighted by Crippen LogP contribution is -2.17. The van der Waals surface area contributed by atoms with Gasteiger partial charge in [-0.1, -0.05) is 37.3 Å². The van der Waals surface area contributed by atoms with Crippen LogP contribution in [0.5, 0.6) is 0 Å². The van der Waals surface area contributed by atoms with Gasteiger partial charge in [0, 0.05) is 6.42 Å². The minimum Gasteiger partial charge on any atom is -0.392 e. The Morgan fingerprint density at radius 3 is 2.83 bits per heavy atom. The zero-order valence-corrected chi connectivity index (χ0v) is 10.3. The molecule has 0 saturated carbocycles. The summed E-state index contributed by atoms with van der Waals surface area (Å²) < 4.78 is 11.6. The number of aromatic nitrogens is 2. The van der Waals surface area contributed by atoms with Gasteiger partial charge in [-0.2, -0.15) is 4.68 Å². The molecule has 2 aromatic rings. The Labute approximate surface area is 105 Å². The summed E-state index contributed by atoms with van der Waals surface area (Å²) in [7, 11) is 0. The van der Waals surface area contributed by atoms with Gasteiger partial charge < -0.3 is 9.15 Å². The van der Waals surface area contributed by atoms with E-state index in [-0.39, 0.29) is 6.73 Å². The fourth-order valence-electron chi connectivity index (χ4n) is 1.57. The summed E-state index contributed by atoms with van der Waals surface area (Å²) in [6, 6.07) is 9.77. The number of rotatable bonds is 6. The van der Waals surface area contributed by atoms with Crippen LogP contribution in [-0.2, 0) is 24.5 Å². The first-order chi connectivity index (χ1) is 8.79. The highest BCUT2D eigenvalue weighted by Crippen LogP contribution is 2.01. The van der Waals surface area contributed by atoms with E-state index < -0.39 is 5.76 Å². The lowest BCUT2D eigenvalue weighted by molar-refractivity contribution is 0.0519. The second-order valence-corrected chi connectivity index (χ2v) is 3.97. The molecule has 0 saturated heterocycles. The maximum atomic E-state index is 11.4. The van der Waals surface area contributed by atoms with Crippen molar-refractivity contribution in [2.24, 2.45) is 0 Å². The molecule has 5 heteroatoms. The van der Waals surface area contributed by atoms with Gasteiger partial charge in [0.2, 0.25) is 5.89 Å². The Balaban J connectivity index is 1.88. The molecule has 5 nitrogen and oxygen atoms in total. The third-order valence-electron chi connectivity index (χ3n) is 2.44. The van der Waals surface area contributed by atoms with Crippen LogP contribution >= 0.6 is 0 Å². The molecule has 1 aromatic heterocycles. The molecule has 0 aliphatic carbocycles. The monoisotopic (exact) mass is 248 g/mol. The molecule has 1 heterocycles. The van der Waals surface area contributed by atoms with Crippen molar-refractivity contribution in [3.63, 3.8) is 0 Å². The van der Waals surface area contributed by atoms with Crippen molar-refractivity contribution < 1.29 is 9.15 Å². The Morgan fingerprint density at radius 1 is 1.33 bits per heavy atom. The van der Waals surface area contributed by atoms with Crippen LogP contribution in [-0.4, -0.2) is 9.78 Å². The van der Waals surface area contributed by atoms with Gasteiger partial charge in [0.1, 0.15) is 6.73 Å². The zero-order valence-electron chi connectivity index (χ0n) is 10.3. The molecule has 0 spiro atoms. The molecule has 0 aliphatic rings. The van der Waals surface area contributed by atoms with Gasteiger partial charge in [-0.05, 0) is 12.0 Å². The van der Waals surface area contributed by atoms with Gasteiger partial charge in [-0.3, -0.25) is 0 Å². The van der Waals surface area contributed by atoms with Gasteiger partial charge >= 0.3 is 5.76 Å². The predicted molar refractivity (Wildman–Crippen MR) is 66.0 cm³/mol. The van der Waals surface area contributed by atoms with Gasteiger partial charge in [0.15, 0.2) is 0 Å². The normalized spacial score (nSPS) is 10.7. The summed E-state index contributed by atoms with van der Waals surface area (Å²) in [5.41, 5.74) is 1.06. The van der Waals surface area contributed by atoms with Crippen LogP contribution in [0.2, 0.25) is 0 Å². The van der Waals surface area contributed by atoms with E-state index in [1.165, 1.54) is 4.68 Å². The summed E-state index contributed by atoms with van der Waals surface area (Å²) in [6.07, 6.45) is 1.56. The number of hydrogen-bond acceptors (Lipinski definition) is 4. The minimum absolute atomic E-state index is 0.112. The van der Waals surface area contributed by atoms with Crippen LogP contribution < -0.4 is 5.76 Å². The summed E-state index contributed by atoms with van der Waals surface area (Å²) >= 11 is 0. The smallest absolute Gasteiger partial charge is 0.392 e. The van der Waals surface area contributed by atoms with Crippen LogP contribution in [0.3, 0.4) is 0 Å². The standard InChI is InChI=1S/C13H16N2O3/c1-2-6-12-14-15(13(16)18-12)10-17-9-11-7-4-3-5-8-11/h3-5,7-8H,2,6,9-10H2,1H3. The minimum atomic E-state index is -0.466. The Kier molecular flexibility index (Phi) is 4.30. The fraction of sp³-hybridized carbons (Fsp3) is 0.385. The van der Waals surface area contributed by atoms with Crippen molar-refractivity contribution in [2.75, 3.05) is 0 Å². The third-order valence-corrected chi connectivity index (χ3v) is 2.44. The Morgan fingerprint density at radius 2 is 2.11 bits per heavy atom. The third kappa shape index (κ3) is 3.30. The average molecular weight is 248 g/mol. The number of nitrogens with zero attached hydrogens (tertiary/aromatic N) is 2. The molecule has 2 rings (SSSR count). The van der Waals surface area contributed by atoms with Crippen LogP contribution in [0.1, 0.15) is 24.8 Å². The molecule has 0 bridgehead atoms. The van der Waals surface area contributed by atoms with Crippen molar-refractivity contribution in [1.82, 2.24) is 9.78 Å². The predicted octanol–water partition coefficient (Wildman–Crippen LogP) is 1.96. The van der Waals surface area contributed by atoms with Crippen molar-refractivity contribution in [1.29, 1.82) is 0 Å². The van der Waals surface area contributed by atoms with E-state index in [4.69, 9.17) is 9.15 Å². The highest BCUT2D eigenvalue weighted by atomic mass is 16.5. The van der Waals surface area contributed by atoms with E-state index in [1.54, 1.807) is 0 Å². The van der Waals surface area contributed by atoms with Crippen molar-refractivity contribution in [3.8, 4) is 0 Å². The molecule has 0 amide bonds. The average Bonchev–Trinajstić information content (AvgIpc) is 2.72. The number of ether oxygens (including phenoxy) is 1. The van der Waals surface area contributed by atoms with Gasteiger partial charge in [0.25, 0.3) is 0 Å². The van der Waals surface area contributed by atoms with Crippen LogP contribution in [0.4, 0.5) is 0 Å². The largest absolute Gasteiger partial charge is 0.439 e. The van der Waals surface area contributed by atoms with Crippen molar-refractivity contribution in [3.05, 3.63) is 52.3 Å². The van der Waals surface area contributed by atoms with Gasteiger partial charge in [-0.15, -0.1) is 5.10 Å². The van der Waals surface area contributed by atoms with Crippen LogP contribution in [0.25, 0.3) is 0 Å². The first kappa shape index (κ1) is 12.6. The van der Waals surface area contributed by atoms with E-state index in [1.807, 2.05) is 37.3 Å². The summed E-state index contributed by atoms with van der Waals surface area (Å²) in [5.74, 6) is -0.00248. The van der Waals surface area contributed by atoms with Crippen LogP contribution in [0, 0.1) is 0 Å². The molecule has 0 aliphatic heterocycles. The van der Waals surface area contributed by atoms with Gasteiger partial charge in [0.05, 0.1) is 6.61 Å². The summed E-state index contributed by atoms with van der Waals surface area (Å²) in [6.45, 7) is 2.56. The molecule has 0 unspecified atom stereocenters. The van der Waals surface area contributed by atoms with E-state index in [2.05, 4.69) is 5.10 Å². The number of hydrogen-bond donors (Lipinski definition) is 0. The van der Waals surface area contributed by atoms with Gasteiger partial charge in [-0.25, -0.2) is 4.79 Å². The SMILES string of the molecule is CCCc1nn(COCc2ccccc2)c(=O)o1. The molecule has 0 fully saturated rings. The molecule has 18 heavy (non-hydrogen) atoms. The Hall–Kier alpha value is -1.88. The van der Waals surface area contributed by atoms with E-state index in [0.717, 1.165) is 12.0 Å². The molecule has 0 N–H and O–H groups in total. The number of benzene rings is 1. The summed E-state index contributed by atoms with van der Waals surface area (Å²) in [5, 5.41) is 4.04. The van der Waals surface area contributed by atoms with E-state index >= 15 is 0 Å². The first-order valence-corrected chi connectivity index (χ1v) is 5.98. The molecule has 1 aromatic carbocycles. The molecule has 0 atom stereocenters. The lowest BCUT2D eigenvalue weighted by Gasteiger charge is -2.02. The second kappa shape index (κ2) is 6.16. The molecular formula is C13H16N2O3. The summed E-state index contributed by atoms with van der Waals surface area (Å²) in [4.78, 5) is 11.4. The molecule has 0 radical (unpaired) electrons. The van der Waals surface area contributed by atoms with Crippen molar-refractivity contribution in [2.45, 2.75) is 33.1 Å². The second-order valence-electron chi connectivity index (χ2n) is 3.97. The number of aryl methyl sites for hydroxylation is 1. The zero-order chi connectivity index (χ0) is 12.8. The Bertz CT molecular complexity index is 531. The maximum absolute atomic E-state index is 11.4. The highest BCUT2D eigenvalue weighted by molar-refractivity contribution is 5.13. The van der Waals surface area contributed by atoms with Crippen LogP contribution in [0.15, 0.2) is 39.5 Å². The highest BCUT2D eigenvalue weighted by Gasteiger charge is 2.06. The fourth-order valence-corrected chi connectivity index (χ4v) is 1.57. The lowest BCUT2D eigenvalue weighted by atomic mass is 10.2. The van der Waals surface area contributed by atoms with E-state index in [0.29, 0.717) is 18.9 Å². The topological polar surface area (TPSA) is 57.3 Å².